The number of nitrogens with zero attached hydrogens (tertiary/aromatic N) is 2. The van der Waals surface area contributed by atoms with Gasteiger partial charge in [-0.2, -0.15) is 5.10 Å². The number of carbonyl (C=O) groups excluding carboxylic acids is 1. The number of nitrogens with one attached hydrogen (secondary N) is 1. The molecule has 1 atom stereocenters. The molecular weight excluding hydrogens is 254 g/mol. The van der Waals surface area contributed by atoms with E-state index in [1.807, 2.05) is 32.0 Å². The maximum absolute atomic E-state index is 11.8. The van der Waals surface area contributed by atoms with Gasteiger partial charge in [-0.3, -0.25) is 14.3 Å². The van der Waals surface area contributed by atoms with Crippen LogP contribution in [0.4, 0.5) is 0 Å². The molecule has 0 aliphatic heterocycles. The van der Waals surface area contributed by atoms with Gasteiger partial charge in [-0.1, -0.05) is 19.1 Å². The number of para-hydroxylation sites is 1. The summed E-state index contributed by atoms with van der Waals surface area (Å²) in [6.07, 6.45) is 2.56. The standard InChI is InChI=1S/C15H19N3O2/c1-3-11(2)17-15(20)8-9-18-13-7-5-4-6-12(13)14(19)10-16-18/h4-7,10-11H,3,8-9H2,1-2H3,(H,17,20). The molecule has 1 aromatic heterocycles. The summed E-state index contributed by atoms with van der Waals surface area (Å²) < 4.78 is 1.70. The van der Waals surface area contributed by atoms with Crippen molar-refractivity contribution in [2.45, 2.75) is 39.3 Å². The molecule has 0 spiro atoms. The minimum atomic E-state index is -0.0964. The van der Waals surface area contributed by atoms with Gasteiger partial charge in [0, 0.05) is 17.8 Å². The first-order valence-corrected chi connectivity index (χ1v) is 6.86. The van der Waals surface area contributed by atoms with Crippen LogP contribution < -0.4 is 10.7 Å². The molecule has 0 fully saturated rings. The number of amides is 1. The zero-order valence-corrected chi connectivity index (χ0v) is 11.8. The van der Waals surface area contributed by atoms with Gasteiger partial charge in [0.1, 0.15) is 0 Å². The van der Waals surface area contributed by atoms with Crippen LogP contribution in [0.5, 0.6) is 0 Å². The average Bonchev–Trinajstić information content (AvgIpc) is 2.46. The minimum Gasteiger partial charge on any atom is -0.354 e. The van der Waals surface area contributed by atoms with Crippen LogP contribution in [-0.2, 0) is 11.3 Å². The Balaban J connectivity index is 2.13. The molecule has 1 heterocycles. The third-order valence-electron chi connectivity index (χ3n) is 3.33. The topological polar surface area (TPSA) is 64.0 Å². The highest BCUT2D eigenvalue weighted by molar-refractivity contribution is 5.79. The predicted octanol–water partition coefficient (Wildman–Crippen LogP) is 1.70. The third kappa shape index (κ3) is 3.23. The highest BCUT2D eigenvalue weighted by Gasteiger charge is 2.08. The normalized spacial score (nSPS) is 12.3. The zero-order chi connectivity index (χ0) is 14.5. The molecule has 0 aliphatic carbocycles. The lowest BCUT2D eigenvalue weighted by Crippen LogP contribution is -2.32. The second-order valence-corrected chi connectivity index (χ2v) is 4.88. The first-order chi connectivity index (χ1) is 9.61. The molecule has 20 heavy (non-hydrogen) atoms. The number of aryl methyl sites for hydroxylation is 1. The summed E-state index contributed by atoms with van der Waals surface area (Å²) in [5.41, 5.74) is 0.664. The van der Waals surface area contributed by atoms with E-state index in [1.54, 1.807) is 10.7 Å². The van der Waals surface area contributed by atoms with E-state index in [0.717, 1.165) is 11.9 Å². The number of rotatable bonds is 5. The highest BCUT2D eigenvalue weighted by atomic mass is 16.1. The smallest absolute Gasteiger partial charge is 0.222 e. The van der Waals surface area contributed by atoms with Gasteiger partial charge < -0.3 is 5.32 Å². The molecule has 1 amide bonds. The minimum absolute atomic E-state index is 0.00364. The summed E-state index contributed by atoms with van der Waals surface area (Å²) in [4.78, 5) is 23.5. The van der Waals surface area contributed by atoms with E-state index < -0.39 is 0 Å². The van der Waals surface area contributed by atoms with E-state index in [-0.39, 0.29) is 17.4 Å². The Hall–Kier alpha value is -2.17. The van der Waals surface area contributed by atoms with Gasteiger partial charge in [0.05, 0.1) is 18.3 Å². The van der Waals surface area contributed by atoms with Crippen molar-refractivity contribution in [2.24, 2.45) is 0 Å². The number of fused-ring (bicyclic) bond motifs is 1. The zero-order valence-electron chi connectivity index (χ0n) is 11.8. The largest absolute Gasteiger partial charge is 0.354 e. The lowest BCUT2D eigenvalue weighted by atomic mass is 10.2. The molecule has 106 valence electrons. The van der Waals surface area contributed by atoms with E-state index in [1.165, 1.54) is 6.20 Å². The Bertz CT molecular complexity index is 663. The van der Waals surface area contributed by atoms with Crippen LogP contribution in [0.2, 0.25) is 0 Å². The molecule has 2 rings (SSSR count). The van der Waals surface area contributed by atoms with E-state index in [4.69, 9.17) is 0 Å². The molecular formula is C15H19N3O2. The second-order valence-electron chi connectivity index (χ2n) is 4.88. The van der Waals surface area contributed by atoms with Gasteiger partial charge in [-0.25, -0.2) is 0 Å². The number of aromatic nitrogens is 2. The van der Waals surface area contributed by atoms with Crippen LogP contribution in [0.25, 0.3) is 10.9 Å². The molecule has 1 unspecified atom stereocenters. The van der Waals surface area contributed by atoms with E-state index in [9.17, 15) is 9.59 Å². The van der Waals surface area contributed by atoms with Crippen molar-refractivity contribution in [3.05, 3.63) is 40.7 Å². The summed E-state index contributed by atoms with van der Waals surface area (Å²) in [5.74, 6) is 0.00364. The Kier molecular flexibility index (Phi) is 4.50. The summed E-state index contributed by atoms with van der Waals surface area (Å²) >= 11 is 0. The van der Waals surface area contributed by atoms with Crippen LogP contribution in [0.3, 0.4) is 0 Å². The average molecular weight is 273 g/mol. The number of hydrogen-bond donors (Lipinski definition) is 1. The Labute approximate surface area is 117 Å². The molecule has 1 aromatic carbocycles. The maximum Gasteiger partial charge on any atom is 0.222 e. The summed E-state index contributed by atoms with van der Waals surface area (Å²) in [7, 11) is 0. The molecule has 0 radical (unpaired) electrons. The first kappa shape index (κ1) is 14.2. The van der Waals surface area contributed by atoms with Crippen LogP contribution in [0.1, 0.15) is 26.7 Å². The quantitative estimate of drug-likeness (QED) is 0.901. The van der Waals surface area contributed by atoms with Crippen LogP contribution in [0, 0.1) is 0 Å². The summed E-state index contributed by atoms with van der Waals surface area (Å²) in [6.45, 7) is 4.47. The lowest BCUT2D eigenvalue weighted by molar-refractivity contribution is -0.121. The molecule has 5 nitrogen and oxygen atoms in total. The van der Waals surface area contributed by atoms with Gasteiger partial charge >= 0.3 is 0 Å². The predicted molar refractivity (Wildman–Crippen MR) is 78.5 cm³/mol. The van der Waals surface area contributed by atoms with Crippen molar-refractivity contribution in [3.8, 4) is 0 Å². The molecule has 2 aromatic rings. The van der Waals surface area contributed by atoms with Crippen LogP contribution in [0.15, 0.2) is 35.3 Å². The SMILES string of the molecule is CCC(C)NC(=O)CCn1ncc(=O)c2ccccc21. The van der Waals surface area contributed by atoms with Gasteiger partial charge in [0.25, 0.3) is 0 Å². The molecule has 0 saturated heterocycles. The van der Waals surface area contributed by atoms with E-state index in [2.05, 4.69) is 10.4 Å². The van der Waals surface area contributed by atoms with Crippen LogP contribution in [-0.4, -0.2) is 21.7 Å². The second kappa shape index (κ2) is 6.32. The highest BCUT2D eigenvalue weighted by Crippen LogP contribution is 2.08. The van der Waals surface area contributed by atoms with Crippen molar-refractivity contribution in [1.29, 1.82) is 0 Å². The van der Waals surface area contributed by atoms with Crippen molar-refractivity contribution in [2.75, 3.05) is 0 Å². The van der Waals surface area contributed by atoms with E-state index >= 15 is 0 Å². The third-order valence-corrected chi connectivity index (χ3v) is 3.33. The summed E-state index contributed by atoms with van der Waals surface area (Å²) in [5, 5.41) is 7.65. The Morgan fingerprint density at radius 2 is 2.15 bits per heavy atom. The molecule has 0 saturated carbocycles. The monoisotopic (exact) mass is 273 g/mol. The number of carbonyl (C=O) groups is 1. The molecule has 0 aliphatic rings. The molecule has 0 bridgehead atoms. The fourth-order valence-corrected chi connectivity index (χ4v) is 2.00. The van der Waals surface area contributed by atoms with Gasteiger partial charge in [-0.05, 0) is 25.5 Å². The molecule has 5 heteroatoms. The fourth-order valence-electron chi connectivity index (χ4n) is 2.00. The number of benzene rings is 1. The number of hydrogen-bond acceptors (Lipinski definition) is 3. The van der Waals surface area contributed by atoms with Crippen LogP contribution >= 0.6 is 0 Å². The summed E-state index contributed by atoms with van der Waals surface area (Å²) in [6, 6.07) is 7.48. The first-order valence-electron chi connectivity index (χ1n) is 6.86. The van der Waals surface area contributed by atoms with Gasteiger partial charge in [-0.15, -0.1) is 0 Å². The maximum atomic E-state index is 11.8. The van der Waals surface area contributed by atoms with Crippen molar-refractivity contribution in [1.82, 2.24) is 15.1 Å². The van der Waals surface area contributed by atoms with Crippen molar-refractivity contribution in [3.63, 3.8) is 0 Å². The van der Waals surface area contributed by atoms with Gasteiger partial charge in [0.15, 0.2) is 0 Å². The Morgan fingerprint density at radius 1 is 1.40 bits per heavy atom. The van der Waals surface area contributed by atoms with Crippen molar-refractivity contribution >= 4 is 16.8 Å². The van der Waals surface area contributed by atoms with Gasteiger partial charge in [0.2, 0.25) is 11.3 Å². The lowest BCUT2D eigenvalue weighted by Gasteiger charge is -2.12. The van der Waals surface area contributed by atoms with E-state index in [0.29, 0.717) is 18.4 Å². The van der Waals surface area contributed by atoms with Crippen molar-refractivity contribution < 1.29 is 4.79 Å². The fraction of sp³-hybridized carbons (Fsp3) is 0.400. The molecule has 1 N–H and O–H groups in total. The Morgan fingerprint density at radius 3 is 2.90 bits per heavy atom.